The number of thiophene rings is 1. The monoisotopic (exact) mass is 688 g/mol. The van der Waals surface area contributed by atoms with Crippen molar-refractivity contribution in [2.45, 2.75) is 101 Å². The lowest BCUT2D eigenvalue weighted by Crippen LogP contribution is -2.41. The molecule has 3 aliphatic rings. The number of hydrogen-bond acceptors (Lipinski definition) is 8. The number of nitrogens with one attached hydrogen (secondary N) is 2. The summed E-state index contributed by atoms with van der Waals surface area (Å²) in [6, 6.07) is 10.5. The molecular formula is C36H44N6O4S2. The Bertz CT molecular complexity index is 1860. The largest absolute Gasteiger partial charge is 0.444 e. The van der Waals surface area contributed by atoms with E-state index in [1.165, 1.54) is 5.56 Å². The van der Waals surface area contributed by atoms with E-state index in [1.807, 2.05) is 52.6 Å². The highest BCUT2D eigenvalue weighted by Crippen LogP contribution is 2.70. The highest BCUT2D eigenvalue weighted by Gasteiger charge is 2.65. The lowest BCUT2D eigenvalue weighted by molar-refractivity contribution is 0.0209. The third kappa shape index (κ3) is 6.74. The summed E-state index contributed by atoms with van der Waals surface area (Å²) >= 11 is 3.50. The minimum atomic E-state index is -0.530. The molecule has 2 amide bonds. The Morgan fingerprint density at radius 1 is 1.00 bits per heavy atom. The zero-order valence-corrected chi connectivity index (χ0v) is 30.1. The van der Waals surface area contributed by atoms with Gasteiger partial charge in [-0.2, -0.15) is 0 Å². The zero-order valence-electron chi connectivity index (χ0n) is 28.5. The maximum Gasteiger partial charge on any atom is 0.411 e. The van der Waals surface area contributed by atoms with Crippen LogP contribution in [0.3, 0.4) is 0 Å². The average molecular weight is 689 g/mol. The van der Waals surface area contributed by atoms with Crippen LogP contribution in [0.15, 0.2) is 42.6 Å². The number of hydrogen-bond donors (Lipinski definition) is 2. The molecule has 3 aromatic heterocycles. The molecular weight excluding hydrogens is 645 g/mol. The molecule has 4 aromatic rings. The fraction of sp³-hybridized carbons (Fsp3) is 0.500. The molecule has 3 atom stereocenters. The van der Waals surface area contributed by atoms with Crippen molar-refractivity contribution in [2.75, 3.05) is 13.1 Å². The third-order valence-electron chi connectivity index (χ3n) is 8.79. The molecule has 1 aromatic carbocycles. The van der Waals surface area contributed by atoms with Crippen LogP contribution in [0.4, 0.5) is 9.59 Å². The number of aromatic nitrogens is 4. The van der Waals surface area contributed by atoms with E-state index in [9.17, 15) is 9.59 Å². The van der Waals surface area contributed by atoms with Crippen molar-refractivity contribution in [3.05, 3.63) is 64.7 Å². The first-order valence-corrected chi connectivity index (χ1v) is 18.5. The number of aromatic amines is 2. The van der Waals surface area contributed by atoms with Crippen LogP contribution in [0.2, 0.25) is 0 Å². The molecule has 3 unspecified atom stereocenters. The number of allylic oxidation sites excluding steroid dienone is 1. The van der Waals surface area contributed by atoms with Crippen molar-refractivity contribution in [3.8, 4) is 10.6 Å². The summed E-state index contributed by atoms with van der Waals surface area (Å²) in [4.78, 5) is 48.0. The number of benzene rings is 1. The van der Waals surface area contributed by atoms with Crippen LogP contribution in [0.1, 0.15) is 101 Å². The lowest BCUT2D eigenvalue weighted by atomic mass is 10.1. The Morgan fingerprint density at radius 3 is 2.58 bits per heavy atom. The average Bonchev–Trinajstić information content (AvgIpc) is 3.67. The number of carbonyl (C=O) groups is 2. The van der Waals surface area contributed by atoms with Crippen molar-refractivity contribution in [1.82, 2.24) is 29.7 Å². The number of H-pyrrole nitrogens is 2. The number of imidazole rings is 2. The van der Waals surface area contributed by atoms with Gasteiger partial charge in [-0.15, -0.1) is 23.1 Å². The molecule has 7 rings (SSSR count). The number of ether oxygens (including phenoxy) is 2. The molecule has 12 heteroatoms. The van der Waals surface area contributed by atoms with E-state index in [-0.39, 0.29) is 28.3 Å². The number of nitrogens with zero attached hydrogens (tertiary/aromatic N) is 4. The topological polar surface area (TPSA) is 116 Å². The molecule has 48 heavy (non-hydrogen) atoms. The molecule has 6 heterocycles. The van der Waals surface area contributed by atoms with Crippen LogP contribution in [0.25, 0.3) is 27.7 Å². The summed E-state index contributed by atoms with van der Waals surface area (Å²) in [6.45, 7) is 12.8. The number of thioether (sulfide) groups is 1. The van der Waals surface area contributed by atoms with Gasteiger partial charge in [-0.05, 0) is 110 Å². The first kappa shape index (κ1) is 32.8. The molecule has 3 saturated heterocycles. The maximum absolute atomic E-state index is 12.9. The maximum atomic E-state index is 12.9. The molecule has 0 aliphatic carbocycles. The van der Waals surface area contributed by atoms with Gasteiger partial charge in [0.15, 0.2) is 0 Å². The number of likely N-dealkylation sites (tertiary alicyclic amines) is 2. The fourth-order valence-corrected chi connectivity index (χ4v) is 9.04. The Kier molecular flexibility index (Phi) is 8.38. The van der Waals surface area contributed by atoms with E-state index >= 15 is 0 Å². The Hall–Kier alpha value is -3.77. The van der Waals surface area contributed by atoms with Gasteiger partial charge >= 0.3 is 12.2 Å². The van der Waals surface area contributed by atoms with Crippen molar-refractivity contribution in [2.24, 2.45) is 0 Å². The minimum Gasteiger partial charge on any atom is -0.444 e. The highest BCUT2D eigenvalue weighted by molar-refractivity contribution is 8.08. The molecule has 254 valence electrons. The van der Waals surface area contributed by atoms with Crippen LogP contribution < -0.4 is 0 Å². The zero-order chi connectivity index (χ0) is 33.8. The van der Waals surface area contributed by atoms with Crippen molar-refractivity contribution < 1.29 is 19.1 Å². The second-order valence-electron chi connectivity index (χ2n) is 14.9. The molecule has 3 fully saturated rings. The van der Waals surface area contributed by atoms with Crippen LogP contribution in [-0.2, 0) is 15.9 Å². The number of carbonyl (C=O) groups excluding carboxylic acids is 2. The number of fused-ring (bicyclic) bond motifs is 1. The third-order valence-corrected chi connectivity index (χ3v) is 11.5. The molecule has 0 radical (unpaired) electrons. The van der Waals surface area contributed by atoms with Crippen molar-refractivity contribution in [1.29, 1.82) is 0 Å². The van der Waals surface area contributed by atoms with E-state index in [0.29, 0.717) is 6.54 Å². The second-order valence-corrected chi connectivity index (χ2v) is 17.4. The number of rotatable bonds is 6. The predicted octanol–water partition coefficient (Wildman–Crippen LogP) is 8.86. The van der Waals surface area contributed by atoms with E-state index in [0.717, 1.165) is 76.8 Å². The molecule has 0 saturated carbocycles. The van der Waals surface area contributed by atoms with Gasteiger partial charge in [-0.25, -0.2) is 19.6 Å². The van der Waals surface area contributed by atoms with Gasteiger partial charge in [0.1, 0.15) is 27.7 Å². The van der Waals surface area contributed by atoms with Crippen molar-refractivity contribution in [3.63, 3.8) is 0 Å². The molecule has 3 aliphatic heterocycles. The summed E-state index contributed by atoms with van der Waals surface area (Å²) < 4.78 is 11.3. The second kappa shape index (κ2) is 12.3. The lowest BCUT2D eigenvalue weighted by Gasteiger charge is -2.28. The highest BCUT2D eigenvalue weighted by atomic mass is 32.2. The van der Waals surface area contributed by atoms with Gasteiger partial charge in [0, 0.05) is 18.0 Å². The Labute approximate surface area is 289 Å². The Morgan fingerprint density at radius 2 is 1.79 bits per heavy atom. The quantitative estimate of drug-likeness (QED) is 0.194. The number of amides is 2. The van der Waals surface area contributed by atoms with Crippen LogP contribution in [0.5, 0.6) is 0 Å². The molecule has 10 nitrogen and oxygen atoms in total. The van der Waals surface area contributed by atoms with E-state index < -0.39 is 11.2 Å². The van der Waals surface area contributed by atoms with E-state index in [2.05, 4.69) is 57.4 Å². The van der Waals surface area contributed by atoms with Gasteiger partial charge in [-0.3, -0.25) is 9.80 Å². The molecule has 0 bridgehead atoms. The van der Waals surface area contributed by atoms with Crippen molar-refractivity contribution >= 4 is 52.4 Å². The first-order valence-electron chi connectivity index (χ1n) is 16.8. The predicted molar refractivity (Wildman–Crippen MR) is 191 cm³/mol. The van der Waals surface area contributed by atoms with Gasteiger partial charge in [0.05, 0.1) is 39.1 Å². The van der Waals surface area contributed by atoms with Gasteiger partial charge in [-0.1, -0.05) is 12.1 Å². The van der Waals surface area contributed by atoms with Gasteiger partial charge in [0.25, 0.3) is 0 Å². The minimum absolute atomic E-state index is 0.102. The van der Waals surface area contributed by atoms with Crippen LogP contribution >= 0.6 is 23.1 Å². The summed E-state index contributed by atoms with van der Waals surface area (Å²) in [6.07, 6.45) is 10.2. The fourth-order valence-electron chi connectivity index (χ4n) is 6.66. The molecule has 1 spiro atoms. The summed E-state index contributed by atoms with van der Waals surface area (Å²) in [5.74, 6) is 1.73. The molecule has 2 N–H and O–H groups in total. The van der Waals surface area contributed by atoms with Gasteiger partial charge in [0.2, 0.25) is 0 Å². The normalized spacial score (nSPS) is 22.8. The summed E-state index contributed by atoms with van der Waals surface area (Å²) in [5.41, 5.74) is 3.06. The standard InChI is InChI=1S/C36H44N6O4S2/c1-34(2,3)45-32(43)41-18-8-12-27(41)30-37-21-26(40-30)28-16-14-23(47-28)11-7-10-22-13-15-24-25(20-22)39-31(38-24)29-36(48-29)17-9-19-42(36)33(44)46-35(4,5)6/h7,11,13-16,20-21,27,29H,8-10,12,17-19H2,1-6H3,(H,37,40)(H,38,39)/b11-7+. The first-order chi connectivity index (χ1) is 22.8. The van der Waals surface area contributed by atoms with E-state index in [1.54, 1.807) is 28.0 Å². The van der Waals surface area contributed by atoms with E-state index in [4.69, 9.17) is 14.5 Å². The SMILES string of the molecule is CC(C)(C)OC(=O)N1CCCC1c1ncc(-c2ccc(/C=C/Cc3ccc4nc(C5SC56CCCN6C(=O)OC(C)(C)C)[nH]c4c3)s2)[nH]1. The van der Waals surface area contributed by atoms with Crippen LogP contribution in [-0.4, -0.2) is 71.1 Å². The smallest absolute Gasteiger partial charge is 0.411 e. The summed E-state index contributed by atoms with van der Waals surface area (Å²) in [7, 11) is 0. The van der Waals surface area contributed by atoms with Crippen LogP contribution in [0, 0.1) is 0 Å². The Balaban J connectivity index is 0.974. The summed E-state index contributed by atoms with van der Waals surface area (Å²) in [5, 5.41) is 0.129. The van der Waals surface area contributed by atoms with Gasteiger partial charge < -0.3 is 19.4 Å².